The highest BCUT2D eigenvalue weighted by atomic mass is 16.5. The second-order valence-corrected chi connectivity index (χ2v) is 7.32. The van der Waals surface area contributed by atoms with Gasteiger partial charge in [0.2, 0.25) is 0 Å². The van der Waals surface area contributed by atoms with Crippen molar-refractivity contribution >= 4 is 0 Å². The van der Waals surface area contributed by atoms with Gasteiger partial charge in [0.05, 0.1) is 26.4 Å². The lowest BCUT2D eigenvalue weighted by Gasteiger charge is -2.35. The molecular formula is C23H32N2O3. The molecule has 1 fully saturated rings. The van der Waals surface area contributed by atoms with Crippen LogP contribution in [0.25, 0.3) is 0 Å². The molecule has 1 aliphatic rings. The molecule has 5 heteroatoms. The summed E-state index contributed by atoms with van der Waals surface area (Å²) in [6.45, 7) is 9.18. The minimum absolute atomic E-state index is 0.0977. The summed E-state index contributed by atoms with van der Waals surface area (Å²) in [6, 6.07) is 17.1. The molecule has 5 nitrogen and oxygen atoms in total. The van der Waals surface area contributed by atoms with E-state index in [1.165, 1.54) is 5.56 Å². The monoisotopic (exact) mass is 384 g/mol. The first-order valence-electron chi connectivity index (χ1n) is 10.1. The van der Waals surface area contributed by atoms with Gasteiger partial charge in [-0.05, 0) is 25.5 Å². The fourth-order valence-corrected chi connectivity index (χ4v) is 3.60. The molecule has 3 rings (SSSR count). The van der Waals surface area contributed by atoms with Crippen molar-refractivity contribution in [2.24, 2.45) is 0 Å². The van der Waals surface area contributed by atoms with Gasteiger partial charge in [-0.15, -0.1) is 0 Å². The molecule has 0 bridgehead atoms. The molecule has 1 atom stereocenters. The lowest BCUT2D eigenvalue weighted by Crippen LogP contribution is -2.42. The first-order chi connectivity index (χ1) is 13.7. The van der Waals surface area contributed by atoms with E-state index in [1.807, 2.05) is 26.0 Å². The summed E-state index contributed by atoms with van der Waals surface area (Å²) in [5, 5.41) is 3.64. The number of ether oxygens (including phenoxy) is 3. The van der Waals surface area contributed by atoms with Crippen LogP contribution in [-0.4, -0.2) is 51.0 Å². The number of benzene rings is 2. The highest BCUT2D eigenvalue weighted by molar-refractivity contribution is 5.46. The summed E-state index contributed by atoms with van der Waals surface area (Å²) < 4.78 is 17.1. The van der Waals surface area contributed by atoms with Crippen molar-refractivity contribution in [1.82, 2.24) is 10.2 Å². The molecule has 0 saturated carbocycles. The Bertz CT molecular complexity index is 715. The van der Waals surface area contributed by atoms with Crippen LogP contribution in [0.2, 0.25) is 0 Å². The third kappa shape index (κ3) is 5.47. The third-order valence-electron chi connectivity index (χ3n) is 4.96. The van der Waals surface area contributed by atoms with E-state index in [4.69, 9.17) is 14.2 Å². The van der Waals surface area contributed by atoms with Crippen molar-refractivity contribution in [3.8, 4) is 11.5 Å². The fraction of sp³-hybridized carbons (Fsp3) is 0.478. The van der Waals surface area contributed by atoms with Gasteiger partial charge >= 0.3 is 0 Å². The number of rotatable bonds is 9. The van der Waals surface area contributed by atoms with Crippen LogP contribution in [-0.2, 0) is 11.3 Å². The molecule has 2 aromatic carbocycles. The normalized spacial score (nSPS) is 16.1. The Morgan fingerprint density at radius 2 is 1.79 bits per heavy atom. The van der Waals surface area contributed by atoms with Gasteiger partial charge in [0, 0.05) is 37.8 Å². The Morgan fingerprint density at radius 3 is 2.46 bits per heavy atom. The van der Waals surface area contributed by atoms with Crippen LogP contribution in [0.15, 0.2) is 48.5 Å². The third-order valence-corrected chi connectivity index (χ3v) is 4.96. The molecule has 0 radical (unpaired) electrons. The number of nitrogens with zero attached hydrogens (tertiary/aromatic N) is 1. The van der Waals surface area contributed by atoms with E-state index in [0.717, 1.165) is 56.5 Å². The van der Waals surface area contributed by atoms with E-state index >= 15 is 0 Å². The van der Waals surface area contributed by atoms with E-state index in [-0.39, 0.29) is 6.10 Å². The first-order valence-corrected chi connectivity index (χ1v) is 10.1. The number of methoxy groups -OCH3 is 1. The molecule has 1 N–H and O–H groups in total. The Labute approximate surface area is 168 Å². The van der Waals surface area contributed by atoms with Crippen LogP contribution in [0.1, 0.15) is 31.0 Å². The molecule has 0 aliphatic carbocycles. The lowest BCUT2D eigenvalue weighted by atomic mass is 10.0. The molecule has 1 unspecified atom stereocenters. The lowest BCUT2D eigenvalue weighted by molar-refractivity contribution is 0.0161. The standard InChI is InChI=1S/C23H32N2O3/c1-18(2)28-23-20(10-7-11-22(23)26-3)16-24-17-21(19-8-5-4-6-9-19)25-12-14-27-15-13-25/h4-11,18,21,24H,12-17H2,1-3H3. The van der Waals surface area contributed by atoms with Crippen molar-refractivity contribution in [2.75, 3.05) is 40.0 Å². The fourth-order valence-electron chi connectivity index (χ4n) is 3.60. The predicted octanol–water partition coefficient (Wildman–Crippen LogP) is 3.65. The second-order valence-electron chi connectivity index (χ2n) is 7.32. The van der Waals surface area contributed by atoms with E-state index in [9.17, 15) is 0 Å². The Kier molecular flexibility index (Phi) is 7.71. The molecule has 1 saturated heterocycles. The predicted molar refractivity (Wildman–Crippen MR) is 112 cm³/mol. The molecule has 0 amide bonds. The SMILES string of the molecule is COc1cccc(CNCC(c2ccccc2)N2CCOCC2)c1OC(C)C. The first kappa shape index (κ1) is 20.6. The highest BCUT2D eigenvalue weighted by Crippen LogP contribution is 2.32. The molecule has 2 aromatic rings. The minimum Gasteiger partial charge on any atom is -0.493 e. The van der Waals surface area contributed by atoms with Crippen molar-refractivity contribution in [3.05, 3.63) is 59.7 Å². The summed E-state index contributed by atoms with van der Waals surface area (Å²) in [6.07, 6.45) is 0.0977. The number of hydrogen-bond acceptors (Lipinski definition) is 5. The van der Waals surface area contributed by atoms with Crippen molar-refractivity contribution in [3.63, 3.8) is 0 Å². The van der Waals surface area contributed by atoms with Gasteiger partial charge in [-0.25, -0.2) is 0 Å². The molecule has 28 heavy (non-hydrogen) atoms. The van der Waals surface area contributed by atoms with Gasteiger partial charge in [0.15, 0.2) is 11.5 Å². The van der Waals surface area contributed by atoms with Crippen LogP contribution in [0.5, 0.6) is 11.5 Å². The van der Waals surface area contributed by atoms with Crippen molar-refractivity contribution in [1.29, 1.82) is 0 Å². The summed E-state index contributed by atoms with van der Waals surface area (Å²) in [7, 11) is 1.68. The van der Waals surface area contributed by atoms with Gasteiger partial charge in [-0.2, -0.15) is 0 Å². The van der Waals surface area contributed by atoms with Gasteiger partial charge < -0.3 is 19.5 Å². The largest absolute Gasteiger partial charge is 0.493 e. The van der Waals surface area contributed by atoms with E-state index in [1.54, 1.807) is 7.11 Å². The second kappa shape index (κ2) is 10.5. The van der Waals surface area contributed by atoms with Gasteiger partial charge in [-0.1, -0.05) is 42.5 Å². The maximum Gasteiger partial charge on any atom is 0.166 e. The maximum atomic E-state index is 6.03. The maximum absolute atomic E-state index is 6.03. The average Bonchev–Trinajstić information content (AvgIpc) is 2.73. The molecule has 0 aromatic heterocycles. The number of para-hydroxylation sites is 1. The molecule has 1 aliphatic heterocycles. The van der Waals surface area contributed by atoms with Crippen molar-refractivity contribution in [2.45, 2.75) is 32.5 Å². The van der Waals surface area contributed by atoms with E-state index < -0.39 is 0 Å². The van der Waals surface area contributed by atoms with E-state index in [2.05, 4.69) is 46.6 Å². The smallest absolute Gasteiger partial charge is 0.166 e. The molecule has 152 valence electrons. The Hall–Kier alpha value is -2.08. The quantitative estimate of drug-likeness (QED) is 0.715. The van der Waals surface area contributed by atoms with E-state index in [0.29, 0.717) is 6.04 Å². The Morgan fingerprint density at radius 1 is 1.04 bits per heavy atom. The highest BCUT2D eigenvalue weighted by Gasteiger charge is 2.22. The van der Waals surface area contributed by atoms with Gasteiger partial charge in [0.25, 0.3) is 0 Å². The topological polar surface area (TPSA) is 43.0 Å². The molecular weight excluding hydrogens is 352 g/mol. The van der Waals surface area contributed by atoms with Crippen LogP contribution >= 0.6 is 0 Å². The zero-order valence-corrected chi connectivity index (χ0v) is 17.2. The molecule has 0 spiro atoms. The molecule has 1 heterocycles. The number of hydrogen-bond donors (Lipinski definition) is 1. The van der Waals surface area contributed by atoms with Gasteiger partial charge in [-0.3, -0.25) is 4.90 Å². The van der Waals surface area contributed by atoms with Gasteiger partial charge in [0.1, 0.15) is 0 Å². The Balaban J connectivity index is 1.70. The average molecular weight is 385 g/mol. The van der Waals surface area contributed by atoms with Crippen molar-refractivity contribution < 1.29 is 14.2 Å². The minimum atomic E-state index is 0.0977. The van der Waals surface area contributed by atoms with Crippen LogP contribution in [0, 0.1) is 0 Å². The summed E-state index contributed by atoms with van der Waals surface area (Å²) in [5.41, 5.74) is 2.45. The van der Waals surface area contributed by atoms with Crippen LogP contribution in [0.4, 0.5) is 0 Å². The zero-order valence-electron chi connectivity index (χ0n) is 17.2. The number of nitrogens with one attached hydrogen (secondary N) is 1. The summed E-state index contributed by atoms with van der Waals surface area (Å²) >= 11 is 0. The number of morpholine rings is 1. The zero-order chi connectivity index (χ0) is 19.8. The van der Waals surface area contributed by atoms with Crippen LogP contribution < -0.4 is 14.8 Å². The van der Waals surface area contributed by atoms with Crippen LogP contribution in [0.3, 0.4) is 0 Å². The summed E-state index contributed by atoms with van der Waals surface area (Å²) in [4.78, 5) is 2.50. The summed E-state index contributed by atoms with van der Waals surface area (Å²) in [5.74, 6) is 1.61.